The second kappa shape index (κ2) is 5.46. The summed E-state index contributed by atoms with van der Waals surface area (Å²) in [6, 6.07) is 5.76. The molecule has 0 radical (unpaired) electrons. The van der Waals surface area contributed by atoms with E-state index in [0.29, 0.717) is 5.02 Å². The SMILES string of the molecule is O=C(NN[C@@H]1CS(=O)(=O)C[C@@H]1O)c1ccccc1Cl. The van der Waals surface area contributed by atoms with Crippen LogP contribution in [0.15, 0.2) is 24.3 Å². The number of hydrazine groups is 1. The summed E-state index contributed by atoms with van der Waals surface area (Å²) in [6.45, 7) is 0. The second-order valence-electron chi connectivity index (χ2n) is 4.33. The van der Waals surface area contributed by atoms with Gasteiger partial charge < -0.3 is 5.11 Å². The van der Waals surface area contributed by atoms with Crippen LogP contribution in [-0.2, 0) is 9.84 Å². The van der Waals surface area contributed by atoms with Gasteiger partial charge in [-0.3, -0.25) is 10.2 Å². The maximum Gasteiger partial charge on any atom is 0.266 e. The lowest BCUT2D eigenvalue weighted by atomic mass is 10.2. The summed E-state index contributed by atoms with van der Waals surface area (Å²) in [5, 5.41) is 9.84. The van der Waals surface area contributed by atoms with E-state index in [1.807, 2.05) is 0 Å². The first-order chi connectivity index (χ1) is 8.89. The predicted molar refractivity (Wildman–Crippen MR) is 70.5 cm³/mol. The summed E-state index contributed by atoms with van der Waals surface area (Å²) in [5.74, 6) is -0.994. The van der Waals surface area contributed by atoms with Gasteiger partial charge in [-0.2, -0.15) is 0 Å². The van der Waals surface area contributed by atoms with Crippen LogP contribution in [0.5, 0.6) is 0 Å². The third kappa shape index (κ3) is 3.44. The van der Waals surface area contributed by atoms with Crippen molar-refractivity contribution in [2.45, 2.75) is 12.1 Å². The van der Waals surface area contributed by atoms with Crippen LogP contribution in [0.4, 0.5) is 0 Å². The molecule has 1 aromatic carbocycles. The number of hydrogen-bond donors (Lipinski definition) is 3. The molecule has 104 valence electrons. The highest BCUT2D eigenvalue weighted by molar-refractivity contribution is 7.91. The molecule has 0 aliphatic carbocycles. The van der Waals surface area contributed by atoms with Gasteiger partial charge in [-0.25, -0.2) is 13.8 Å². The quantitative estimate of drug-likeness (QED) is 0.668. The van der Waals surface area contributed by atoms with Gasteiger partial charge in [0, 0.05) is 0 Å². The van der Waals surface area contributed by atoms with E-state index in [-0.39, 0.29) is 17.1 Å². The average Bonchev–Trinajstić information content (AvgIpc) is 2.60. The Labute approximate surface area is 115 Å². The summed E-state index contributed by atoms with van der Waals surface area (Å²) in [6.07, 6.45) is -1.03. The normalized spacial score (nSPS) is 25.2. The predicted octanol–water partition coefficient (Wildman–Crippen LogP) is -0.268. The van der Waals surface area contributed by atoms with Crippen LogP contribution in [0, 0.1) is 0 Å². The molecule has 1 aromatic rings. The molecular weight excluding hydrogens is 292 g/mol. The number of aliphatic hydroxyl groups excluding tert-OH is 1. The first-order valence-electron chi connectivity index (χ1n) is 5.58. The number of hydrogen-bond acceptors (Lipinski definition) is 5. The number of amides is 1. The van der Waals surface area contributed by atoms with Crippen LogP contribution in [0.1, 0.15) is 10.4 Å². The Morgan fingerprint density at radius 2 is 2.00 bits per heavy atom. The van der Waals surface area contributed by atoms with Gasteiger partial charge in [-0.05, 0) is 12.1 Å². The monoisotopic (exact) mass is 304 g/mol. The van der Waals surface area contributed by atoms with Crippen LogP contribution in [0.2, 0.25) is 5.02 Å². The number of sulfone groups is 1. The summed E-state index contributed by atoms with van der Waals surface area (Å²) in [4.78, 5) is 11.8. The number of nitrogens with one attached hydrogen (secondary N) is 2. The molecule has 0 bridgehead atoms. The topological polar surface area (TPSA) is 95.5 Å². The molecule has 8 heteroatoms. The lowest BCUT2D eigenvalue weighted by molar-refractivity contribution is 0.0901. The zero-order valence-electron chi connectivity index (χ0n) is 9.84. The minimum absolute atomic E-state index is 0.211. The molecule has 1 aliphatic heterocycles. The molecule has 0 aromatic heterocycles. The van der Waals surface area contributed by atoms with Gasteiger partial charge in [0.15, 0.2) is 9.84 Å². The number of aliphatic hydroxyl groups is 1. The van der Waals surface area contributed by atoms with E-state index in [9.17, 15) is 18.3 Å². The third-order valence-electron chi connectivity index (χ3n) is 2.81. The Morgan fingerprint density at radius 1 is 1.32 bits per heavy atom. The van der Waals surface area contributed by atoms with Gasteiger partial charge in [0.05, 0.1) is 34.2 Å². The van der Waals surface area contributed by atoms with Crippen molar-refractivity contribution in [1.29, 1.82) is 0 Å². The van der Waals surface area contributed by atoms with Crippen molar-refractivity contribution in [2.75, 3.05) is 11.5 Å². The minimum atomic E-state index is -3.26. The molecule has 0 unspecified atom stereocenters. The molecule has 3 N–H and O–H groups in total. The Kier molecular flexibility index (Phi) is 4.10. The largest absolute Gasteiger partial charge is 0.390 e. The highest BCUT2D eigenvalue weighted by atomic mass is 35.5. The van der Waals surface area contributed by atoms with Crippen LogP contribution < -0.4 is 10.9 Å². The van der Waals surface area contributed by atoms with Gasteiger partial charge in [0.25, 0.3) is 5.91 Å². The maximum absolute atomic E-state index is 11.8. The Bertz CT molecular complexity index is 590. The summed E-state index contributed by atoms with van der Waals surface area (Å²) in [7, 11) is -3.26. The molecule has 0 spiro atoms. The van der Waals surface area contributed by atoms with E-state index in [2.05, 4.69) is 10.9 Å². The van der Waals surface area contributed by atoms with E-state index in [0.717, 1.165) is 0 Å². The van der Waals surface area contributed by atoms with E-state index >= 15 is 0 Å². The highest BCUT2D eigenvalue weighted by Gasteiger charge is 2.36. The number of carbonyl (C=O) groups is 1. The van der Waals surface area contributed by atoms with Crippen LogP contribution in [-0.4, -0.2) is 43.1 Å². The van der Waals surface area contributed by atoms with Gasteiger partial charge >= 0.3 is 0 Å². The molecule has 1 saturated heterocycles. The molecule has 2 rings (SSSR count). The first kappa shape index (κ1) is 14.3. The van der Waals surface area contributed by atoms with Crippen LogP contribution >= 0.6 is 11.6 Å². The highest BCUT2D eigenvalue weighted by Crippen LogP contribution is 2.15. The number of rotatable bonds is 3. The van der Waals surface area contributed by atoms with Gasteiger partial charge in [-0.15, -0.1) is 0 Å². The average molecular weight is 305 g/mol. The smallest absolute Gasteiger partial charge is 0.266 e. The van der Waals surface area contributed by atoms with Crippen molar-refractivity contribution in [3.63, 3.8) is 0 Å². The van der Waals surface area contributed by atoms with Gasteiger partial charge in [0.1, 0.15) is 0 Å². The summed E-state index contributed by atoms with van der Waals surface area (Å²) >= 11 is 5.85. The molecule has 1 heterocycles. The van der Waals surface area contributed by atoms with Crippen molar-refractivity contribution < 1.29 is 18.3 Å². The standard InChI is InChI=1S/C11H13ClN2O4S/c12-8-4-2-1-3-7(8)11(16)14-13-9-5-19(17,18)6-10(9)15/h1-4,9-10,13,15H,5-6H2,(H,14,16)/t9-,10+/m1/s1. The maximum atomic E-state index is 11.8. The lowest BCUT2D eigenvalue weighted by Gasteiger charge is -2.15. The number of carbonyl (C=O) groups excluding carboxylic acids is 1. The summed E-state index contributed by atoms with van der Waals surface area (Å²) < 4.78 is 22.6. The third-order valence-corrected chi connectivity index (χ3v) is 4.86. The molecular formula is C11H13ClN2O4S. The van der Waals surface area contributed by atoms with Gasteiger partial charge in [0.2, 0.25) is 0 Å². The van der Waals surface area contributed by atoms with Crippen molar-refractivity contribution in [1.82, 2.24) is 10.9 Å². The molecule has 1 fully saturated rings. The molecule has 0 saturated carbocycles. The zero-order valence-corrected chi connectivity index (χ0v) is 11.4. The molecule has 1 aliphatic rings. The zero-order chi connectivity index (χ0) is 14.0. The minimum Gasteiger partial charge on any atom is -0.390 e. The van der Waals surface area contributed by atoms with Gasteiger partial charge in [-0.1, -0.05) is 23.7 Å². The Hall–Kier alpha value is -1.15. The molecule has 19 heavy (non-hydrogen) atoms. The van der Waals surface area contributed by atoms with E-state index in [4.69, 9.17) is 11.6 Å². The fourth-order valence-electron chi connectivity index (χ4n) is 1.84. The van der Waals surface area contributed by atoms with E-state index in [1.165, 1.54) is 0 Å². The molecule has 2 atom stereocenters. The Morgan fingerprint density at radius 3 is 2.58 bits per heavy atom. The molecule has 1 amide bonds. The van der Waals surface area contributed by atoms with Crippen molar-refractivity contribution in [3.05, 3.63) is 34.9 Å². The van der Waals surface area contributed by atoms with Crippen molar-refractivity contribution in [2.24, 2.45) is 0 Å². The van der Waals surface area contributed by atoms with Crippen LogP contribution in [0.25, 0.3) is 0 Å². The fourth-order valence-corrected chi connectivity index (χ4v) is 3.80. The molecule has 6 nitrogen and oxygen atoms in total. The Balaban J connectivity index is 1.97. The van der Waals surface area contributed by atoms with E-state index < -0.39 is 27.9 Å². The van der Waals surface area contributed by atoms with E-state index in [1.54, 1.807) is 24.3 Å². The second-order valence-corrected chi connectivity index (χ2v) is 6.89. The summed E-state index contributed by atoms with van der Waals surface area (Å²) in [5.41, 5.74) is 5.15. The number of benzene rings is 1. The van der Waals surface area contributed by atoms with Crippen LogP contribution in [0.3, 0.4) is 0 Å². The lowest BCUT2D eigenvalue weighted by Crippen LogP contribution is -2.49. The fraction of sp³-hybridized carbons (Fsp3) is 0.364. The van der Waals surface area contributed by atoms with Crippen molar-refractivity contribution in [3.8, 4) is 0 Å². The van der Waals surface area contributed by atoms with Crippen molar-refractivity contribution >= 4 is 27.3 Å². The number of halogens is 1. The first-order valence-corrected chi connectivity index (χ1v) is 7.78.